The Morgan fingerprint density at radius 3 is 3.18 bits per heavy atom. The molecule has 1 heterocycles. The van der Waals surface area contributed by atoms with E-state index in [1.54, 1.807) is 0 Å². The average Bonchev–Trinajstić information content (AvgIpc) is 2.04. The van der Waals surface area contributed by atoms with Crippen LogP contribution in [0.1, 0.15) is 11.1 Å². The van der Waals surface area contributed by atoms with Crippen molar-refractivity contribution in [3.63, 3.8) is 0 Å². The highest BCUT2D eigenvalue weighted by Crippen LogP contribution is 2.18. The molecule has 1 aliphatic rings. The van der Waals surface area contributed by atoms with Crippen molar-refractivity contribution in [1.82, 2.24) is 5.43 Å². The maximum Gasteiger partial charge on any atom is 0.0522 e. The summed E-state index contributed by atoms with van der Waals surface area (Å²) in [6.07, 6.45) is 1.13. The Bertz CT molecular complexity index is 268. The number of aryl methyl sites for hydroxylation is 1. The zero-order valence-electron chi connectivity index (χ0n) is 6.65. The van der Waals surface area contributed by atoms with Crippen molar-refractivity contribution in [3.05, 3.63) is 29.3 Å². The molecule has 0 saturated carbocycles. The van der Waals surface area contributed by atoms with Crippen LogP contribution in [-0.4, -0.2) is 6.54 Å². The molecule has 11 heavy (non-hydrogen) atoms. The van der Waals surface area contributed by atoms with Gasteiger partial charge >= 0.3 is 0 Å². The molecule has 1 aromatic rings. The summed E-state index contributed by atoms with van der Waals surface area (Å²) in [6, 6.07) is 6.52. The van der Waals surface area contributed by atoms with E-state index in [0.717, 1.165) is 13.0 Å². The summed E-state index contributed by atoms with van der Waals surface area (Å²) in [6.45, 7) is 3.13. The molecule has 0 unspecified atom stereocenters. The topological polar surface area (TPSA) is 24.1 Å². The number of benzene rings is 1. The van der Waals surface area contributed by atoms with Gasteiger partial charge in [-0.05, 0) is 30.5 Å². The highest BCUT2D eigenvalue weighted by molar-refractivity contribution is 5.53. The summed E-state index contributed by atoms with van der Waals surface area (Å²) in [5.74, 6) is 0. The van der Waals surface area contributed by atoms with Crippen molar-refractivity contribution in [2.24, 2.45) is 0 Å². The van der Waals surface area contributed by atoms with Crippen molar-refractivity contribution in [3.8, 4) is 0 Å². The first kappa shape index (κ1) is 6.68. The number of anilines is 1. The number of nitrogens with one attached hydrogen (secondary N) is 2. The minimum absolute atomic E-state index is 1.02. The van der Waals surface area contributed by atoms with E-state index in [9.17, 15) is 0 Å². The number of rotatable bonds is 0. The van der Waals surface area contributed by atoms with E-state index in [1.165, 1.54) is 16.8 Å². The van der Waals surface area contributed by atoms with Gasteiger partial charge in [-0.25, -0.2) is 5.43 Å². The summed E-state index contributed by atoms with van der Waals surface area (Å²) in [5, 5.41) is 0. The lowest BCUT2D eigenvalue weighted by molar-refractivity contribution is 0.747. The lowest BCUT2D eigenvalue weighted by Gasteiger charge is -2.18. The average molecular weight is 148 g/mol. The third kappa shape index (κ3) is 1.21. The Morgan fingerprint density at radius 2 is 2.27 bits per heavy atom. The lowest BCUT2D eigenvalue weighted by Crippen LogP contribution is -2.29. The normalized spacial score (nSPS) is 15.4. The van der Waals surface area contributed by atoms with E-state index >= 15 is 0 Å². The van der Waals surface area contributed by atoms with Crippen LogP contribution >= 0.6 is 0 Å². The number of hydrazine groups is 1. The van der Waals surface area contributed by atoms with Crippen LogP contribution in [-0.2, 0) is 6.42 Å². The molecule has 2 nitrogen and oxygen atoms in total. The first-order valence-corrected chi connectivity index (χ1v) is 3.95. The fourth-order valence-electron chi connectivity index (χ4n) is 1.38. The summed E-state index contributed by atoms with van der Waals surface area (Å²) in [7, 11) is 0. The van der Waals surface area contributed by atoms with E-state index in [0.29, 0.717) is 0 Å². The fraction of sp³-hybridized carbons (Fsp3) is 0.333. The lowest BCUT2D eigenvalue weighted by atomic mass is 10.1. The van der Waals surface area contributed by atoms with Gasteiger partial charge in [-0.1, -0.05) is 12.1 Å². The molecule has 58 valence electrons. The number of hydrogen-bond donors (Lipinski definition) is 2. The van der Waals surface area contributed by atoms with Crippen molar-refractivity contribution in [1.29, 1.82) is 0 Å². The monoisotopic (exact) mass is 148 g/mol. The molecular formula is C9H12N2. The molecule has 0 amide bonds. The van der Waals surface area contributed by atoms with E-state index in [4.69, 9.17) is 0 Å². The van der Waals surface area contributed by atoms with Gasteiger partial charge in [0, 0.05) is 6.54 Å². The van der Waals surface area contributed by atoms with Gasteiger partial charge in [0.15, 0.2) is 0 Å². The van der Waals surface area contributed by atoms with Crippen LogP contribution in [0.25, 0.3) is 0 Å². The van der Waals surface area contributed by atoms with Crippen molar-refractivity contribution >= 4 is 5.69 Å². The molecule has 0 aliphatic carbocycles. The zero-order valence-corrected chi connectivity index (χ0v) is 6.65. The Morgan fingerprint density at radius 1 is 1.36 bits per heavy atom. The molecule has 0 bridgehead atoms. The molecule has 1 aliphatic heterocycles. The van der Waals surface area contributed by atoms with E-state index in [2.05, 4.69) is 36.0 Å². The van der Waals surface area contributed by atoms with Gasteiger partial charge < -0.3 is 5.43 Å². The first-order chi connectivity index (χ1) is 5.36. The van der Waals surface area contributed by atoms with Crippen LogP contribution in [0.4, 0.5) is 5.69 Å². The Hall–Kier alpha value is -1.02. The molecule has 2 heteroatoms. The molecule has 0 aromatic heterocycles. The summed E-state index contributed by atoms with van der Waals surface area (Å²) in [5.41, 5.74) is 10.2. The van der Waals surface area contributed by atoms with Gasteiger partial charge in [-0.2, -0.15) is 0 Å². The maximum absolute atomic E-state index is 3.15. The minimum atomic E-state index is 1.02. The fourth-order valence-corrected chi connectivity index (χ4v) is 1.38. The quantitative estimate of drug-likeness (QED) is 0.582. The van der Waals surface area contributed by atoms with Crippen LogP contribution in [0.15, 0.2) is 18.2 Å². The first-order valence-electron chi connectivity index (χ1n) is 3.95. The third-order valence-electron chi connectivity index (χ3n) is 2.01. The Kier molecular flexibility index (Phi) is 1.55. The molecule has 0 spiro atoms. The predicted molar refractivity (Wildman–Crippen MR) is 46.5 cm³/mol. The van der Waals surface area contributed by atoms with E-state index in [1.807, 2.05) is 0 Å². The van der Waals surface area contributed by atoms with Gasteiger partial charge in [0.2, 0.25) is 0 Å². The summed E-state index contributed by atoms with van der Waals surface area (Å²) >= 11 is 0. The number of fused-ring (bicyclic) bond motifs is 1. The van der Waals surface area contributed by atoms with Gasteiger partial charge in [0.05, 0.1) is 5.69 Å². The van der Waals surface area contributed by atoms with Gasteiger partial charge in [-0.3, -0.25) is 0 Å². The molecule has 1 aromatic carbocycles. The van der Waals surface area contributed by atoms with Crippen LogP contribution < -0.4 is 10.9 Å². The molecule has 0 fully saturated rings. The standard InChI is InChI=1S/C9H12N2/c1-7-2-3-8-4-5-10-11-9(8)6-7/h2-3,6,10-11H,4-5H2,1H3. The van der Waals surface area contributed by atoms with Crippen molar-refractivity contribution in [2.45, 2.75) is 13.3 Å². The third-order valence-corrected chi connectivity index (χ3v) is 2.01. The SMILES string of the molecule is Cc1ccc2c(c1)NNCC2. The van der Waals surface area contributed by atoms with Crippen LogP contribution in [0.5, 0.6) is 0 Å². The second-order valence-electron chi connectivity index (χ2n) is 2.96. The minimum Gasteiger partial charge on any atom is -0.321 e. The molecular weight excluding hydrogens is 136 g/mol. The van der Waals surface area contributed by atoms with Gasteiger partial charge in [-0.15, -0.1) is 0 Å². The van der Waals surface area contributed by atoms with Crippen molar-refractivity contribution < 1.29 is 0 Å². The van der Waals surface area contributed by atoms with Crippen LogP contribution in [0, 0.1) is 6.92 Å². The summed E-state index contributed by atoms with van der Waals surface area (Å²) in [4.78, 5) is 0. The van der Waals surface area contributed by atoms with Crippen LogP contribution in [0.3, 0.4) is 0 Å². The molecule has 0 saturated heterocycles. The van der Waals surface area contributed by atoms with E-state index in [-0.39, 0.29) is 0 Å². The molecule has 2 rings (SSSR count). The highest BCUT2D eigenvalue weighted by atomic mass is 15.4. The van der Waals surface area contributed by atoms with Gasteiger partial charge in [0.25, 0.3) is 0 Å². The number of hydrogen-bond acceptors (Lipinski definition) is 2. The largest absolute Gasteiger partial charge is 0.321 e. The maximum atomic E-state index is 3.15. The Balaban J connectivity index is 2.43. The van der Waals surface area contributed by atoms with Crippen molar-refractivity contribution in [2.75, 3.05) is 12.0 Å². The predicted octanol–water partition coefficient (Wildman–Crippen LogP) is 1.47. The molecule has 0 radical (unpaired) electrons. The van der Waals surface area contributed by atoms with Gasteiger partial charge in [0.1, 0.15) is 0 Å². The second kappa shape index (κ2) is 2.55. The smallest absolute Gasteiger partial charge is 0.0522 e. The van der Waals surface area contributed by atoms with E-state index < -0.39 is 0 Å². The summed E-state index contributed by atoms with van der Waals surface area (Å²) < 4.78 is 0. The second-order valence-corrected chi connectivity index (χ2v) is 2.96. The zero-order chi connectivity index (χ0) is 7.68. The highest BCUT2D eigenvalue weighted by Gasteiger charge is 2.05. The van der Waals surface area contributed by atoms with Crippen LogP contribution in [0.2, 0.25) is 0 Å². The molecule has 0 atom stereocenters. The Labute approximate surface area is 66.6 Å². The molecule has 2 N–H and O–H groups in total.